The summed E-state index contributed by atoms with van der Waals surface area (Å²) in [4.78, 5) is 8.35. The van der Waals surface area contributed by atoms with Gasteiger partial charge in [-0.05, 0) is 13.8 Å². The van der Waals surface area contributed by atoms with Crippen LogP contribution in [0.4, 0.5) is 0 Å². The van der Waals surface area contributed by atoms with E-state index in [2.05, 4.69) is 19.1 Å². The standard InChI is InChI=1S/C10H14N4/c1-9-11-3-5-13(9)7-8-14-6-4-12-10(14)2/h3-6H,7-8H2,1-2H3. The molecule has 2 aromatic rings. The molecule has 14 heavy (non-hydrogen) atoms. The van der Waals surface area contributed by atoms with Crippen LogP contribution in [0.5, 0.6) is 0 Å². The van der Waals surface area contributed by atoms with Crippen LogP contribution < -0.4 is 0 Å². The van der Waals surface area contributed by atoms with Gasteiger partial charge >= 0.3 is 0 Å². The second-order valence-corrected chi connectivity index (χ2v) is 3.34. The summed E-state index contributed by atoms with van der Waals surface area (Å²) in [5.41, 5.74) is 0. The average Bonchev–Trinajstić information content (AvgIpc) is 2.72. The Labute approximate surface area is 83.2 Å². The van der Waals surface area contributed by atoms with E-state index in [1.165, 1.54) is 0 Å². The molecule has 0 radical (unpaired) electrons. The predicted octanol–water partition coefficient (Wildman–Crippen LogP) is 1.40. The number of imidazole rings is 2. The van der Waals surface area contributed by atoms with E-state index < -0.39 is 0 Å². The lowest BCUT2D eigenvalue weighted by atomic mass is 10.5. The van der Waals surface area contributed by atoms with Crippen LogP contribution in [0, 0.1) is 13.8 Å². The van der Waals surface area contributed by atoms with Crippen molar-refractivity contribution in [3.63, 3.8) is 0 Å². The van der Waals surface area contributed by atoms with Crippen molar-refractivity contribution in [1.82, 2.24) is 19.1 Å². The molecule has 0 aliphatic carbocycles. The molecule has 2 aromatic heterocycles. The highest BCUT2D eigenvalue weighted by atomic mass is 15.1. The number of hydrogen-bond acceptors (Lipinski definition) is 2. The van der Waals surface area contributed by atoms with Crippen molar-refractivity contribution in [3.8, 4) is 0 Å². The highest BCUT2D eigenvalue weighted by Gasteiger charge is 1.99. The Balaban J connectivity index is 2.02. The minimum Gasteiger partial charge on any atom is -0.333 e. The van der Waals surface area contributed by atoms with Crippen molar-refractivity contribution in [2.24, 2.45) is 0 Å². The summed E-state index contributed by atoms with van der Waals surface area (Å²) < 4.78 is 4.28. The first-order valence-electron chi connectivity index (χ1n) is 4.73. The fourth-order valence-electron chi connectivity index (χ4n) is 1.50. The molecule has 0 aliphatic rings. The van der Waals surface area contributed by atoms with Gasteiger partial charge in [0.1, 0.15) is 11.6 Å². The molecule has 2 rings (SSSR count). The Hall–Kier alpha value is -1.58. The summed E-state index contributed by atoms with van der Waals surface area (Å²) in [5, 5.41) is 0. The average molecular weight is 190 g/mol. The smallest absolute Gasteiger partial charge is 0.105 e. The van der Waals surface area contributed by atoms with Crippen molar-refractivity contribution >= 4 is 0 Å². The Morgan fingerprint density at radius 1 is 0.929 bits per heavy atom. The van der Waals surface area contributed by atoms with Crippen LogP contribution in [-0.2, 0) is 13.1 Å². The minimum atomic E-state index is 0.947. The van der Waals surface area contributed by atoms with Crippen LogP contribution >= 0.6 is 0 Å². The van der Waals surface area contributed by atoms with Gasteiger partial charge in [0.15, 0.2) is 0 Å². The maximum absolute atomic E-state index is 4.18. The van der Waals surface area contributed by atoms with E-state index in [1.807, 2.05) is 38.6 Å². The van der Waals surface area contributed by atoms with Gasteiger partial charge in [0.25, 0.3) is 0 Å². The predicted molar refractivity (Wildman–Crippen MR) is 53.9 cm³/mol. The molecule has 0 aromatic carbocycles. The second-order valence-electron chi connectivity index (χ2n) is 3.34. The molecule has 0 unspecified atom stereocenters. The molecule has 2 heterocycles. The van der Waals surface area contributed by atoms with Crippen molar-refractivity contribution in [2.45, 2.75) is 26.9 Å². The zero-order valence-electron chi connectivity index (χ0n) is 8.51. The molecule has 0 atom stereocenters. The van der Waals surface area contributed by atoms with E-state index in [4.69, 9.17) is 0 Å². The highest BCUT2D eigenvalue weighted by molar-refractivity contribution is 4.91. The summed E-state index contributed by atoms with van der Waals surface area (Å²) in [5.74, 6) is 2.12. The maximum Gasteiger partial charge on any atom is 0.105 e. The highest BCUT2D eigenvalue weighted by Crippen LogP contribution is 1.99. The zero-order valence-corrected chi connectivity index (χ0v) is 8.51. The van der Waals surface area contributed by atoms with E-state index in [0.29, 0.717) is 0 Å². The molecule has 0 saturated heterocycles. The molecule has 0 N–H and O–H groups in total. The van der Waals surface area contributed by atoms with Gasteiger partial charge in [-0.1, -0.05) is 0 Å². The third-order valence-electron chi connectivity index (χ3n) is 2.43. The minimum absolute atomic E-state index is 0.947. The van der Waals surface area contributed by atoms with Gasteiger partial charge in [-0.15, -0.1) is 0 Å². The van der Waals surface area contributed by atoms with Crippen molar-refractivity contribution in [3.05, 3.63) is 36.4 Å². The summed E-state index contributed by atoms with van der Waals surface area (Å²) >= 11 is 0. The summed E-state index contributed by atoms with van der Waals surface area (Å²) in [6.07, 6.45) is 7.66. The van der Waals surface area contributed by atoms with Gasteiger partial charge in [0, 0.05) is 37.9 Å². The quantitative estimate of drug-likeness (QED) is 0.733. The molecule has 0 saturated carbocycles. The van der Waals surface area contributed by atoms with E-state index in [1.54, 1.807) is 0 Å². The van der Waals surface area contributed by atoms with Crippen LogP contribution in [-0.4, -0.2) is 19.1 Å². The number of nitrogens with zero attached hydrogens (tertiary/aromatic N) is 4. The van der Waals surface area contributed by atoms with E-state index >= 15 is 0 Å². The largest absolute Gasteiger partial charge is 0.333 e. The van der Waals surface area contributed by atoms with E-state index in [0.717, 1.165) is 24.7 Å². The summed E-state index contributed by atoms with van der Waals surface area (Å²) in [6.45, 7) is 5.92. The topological polar surface area (TPSA) is 35.6 Å². The van der Waals surface area contributed by atoms with Crippen LogP contribution in [0.25, 0.3) is 0 Å². The molecular formula is C10H14N4. The number of rotatable bonds is 3. The van der Waals surface area contributed by atoms with E-state index in [9.17, 15) is 0 Å². The first-order valence-corrected chi connectivity index (χ1v) is 4.73. The van der Waals surface area contributed by atoms with Gasteiger partial charge in [0.2, 0.25) is 0 Å². The first kappa shape index (κ1) is 8.99. The van der Waals surface area contributed by atoms with Gasteiger partial charge in [0.05, 0.1) is 0 Å². The Bertz CT molecular complexity index is 373. The lowest BCUT2D eigenvalue weighted by Crippen LogP contribution is -2.08. The third kappa shape index (κ3) is 1.69. The SMILES string of the molecule is Cc1nccn1CCn1ccnc1C. The van der Waals surface area contributed by atoms with Crippen LogP contribution in [0.2, 0.25) is 0 Å². The van der Waals surface area contributed by atoms with E-state index in [-0.39, 0.29) is 0 Å². The van der Waals surface area contributed by atoms with Crippen molar-refractivity contribution in [2.75, 3.05) is 0 Å². The zero-order chi connectivity index (χ0) is 9.97. The Kier molecular flexibility index (Phi) is 2.35. The van der Waals surface area contributed by atoms with Crippen molar-refractivity contribution in [1.29, 1.82) is 0 Å². The number of aryl methyl sites for hydroxylation is 4. The Morgan fingerprint density at radius 3 is 1.64 bits per heavy atom. The molecule has 0 fully saturated rings. The summed E-state index contributed by atoms with van der Waals surface area (Å²) in [6, 6.07) is 0. The molecule has 0 bridgehead atoms. The molecule has 0 aliphatic heterocycles. The Morgan fingerprint density at radius 2 is 1.36 bits per heavy atom. The van der Waals surface area contributed by atoms with Crippen molar-refractivity contribution < 1.29 is 0 Å². The van der Waals surface area contributed by atoms with Crippen LogP contribution in [0.1, 0.15) is 11.6 Å². The molecule has 4 nitrogen and oxygen atoms in total. The lowest BCUT2D eigenvalue weighted by molar-refractivity contribution is 0.558. The lowest BCUT2D eigenvalue weighted by Gasteiger charge is -2.07. The molecule has 74 valence electrons. The number of hydrogen-bond donors (Lipinski definition) is 0. The first-order chi connectivity index (χ1) is 6.77. The molecular weight excluding hydrogens is 176 g/mol. The second kappa shape index (κ2) is 3.65. The van der Waals surface area contributed by atoms with Gasteiger partial charge in [-0.25, -0.2) is 9.97 Å². The number of aromatic nitrogens is 4. The molecule has 0 spiro atoms. The normalized spacial score (nSPS) is 10.7. The fraction of sp³-hybridized carbons (Fsp3) is 0.400. The van der Waals surface area contributed by atoms with Gasteiger partial charge in [-0.2, -0.15) is 0 Å². The molecule has 4 heteroatoms. The monoisotopic (exact) mass is 190 g/mol. The van der Waals surface area contributed by atoms with Crippen LogP contribution in [0.3, 0.4) is 0 Å². The fourth-order valence-corrected chi connectivity index (χ4v) is 1.50. The van der Waals surface area contributed by atoms with Gasteiger partial charge < -0.3 is 9.13 Å². The third-order valence-corrected chi connectivity index (χ3v) is 2.43. The summed E-state index contributed by atoms with van der Waals surface area (Å²) in [7, 11) is 0. The maximum atomic E-state index is 4.18. The van der Waals surface area contributed by atoms with Crippen LogP contribution in [0.15, 0.2) is 24.8 Å². The van der Waals surface area contributed by atoms with Gasteiger partial charge in [-0.3, -0.25) is 0 Å². The molecule has 0 amide bonds.